The molecule has 1 atom stereocenters. The molecule has 0 aromatic carbocycles. The maximum atomic E-state index is 9.10. The normalized spacial score (nSPS) is 13.4. The molecule has 0 spiro atoms. The van der Waals surface area contributed by atoms with E-state index in [-0.39, 0.29) is 19.3 Å². The van der Waals surface area contributed by atoms with Gasteiger partial charge in [-0.25, -0.2) is 0 Å². The van der Waals surface area contributed by atoms with E-state index in [1.54, 1.807) is 0 Å². The molecule has 0 saturated heterocycles. The Kier molecular flexibility index (Phi) is 4.65. The van der Waals surface area contributed by atoms with Crippen LogP contribution in [0.1, 0.15) is 12.0 Å². The first kappa shape index (κ1) is 11.2. The molecule has 0 aliphatic heterocycles. The summed E-state index contributed by atoms with van der Waals surface area (Å²) >= 11 is 0. The van der Waals surface area contributed by atoms with Crippen LogP contribution in [0.4, 0.5) is 0 Å². The summed E-state index contributed by atoms with van der Waals surface area (Å²) in [6.07, 6.45) is 4.42. The highest BCUT2D eigenvalue weighted by atomic mass is 16.3. The van der Waals surface area contributed by atoms with Crippen molar-refractivity contribution in [1.82, 2.24) is 9.88 Å². The van der Waals surface area contributed by atoms with E-state index < -0.39 is 0 Å². The number of aromatic amines is 1. The summed E-state index contributed by atoms with van der Waals surface area (Å²) in [5.41, 5.74) is 1.18. The molecule has 1 aromatic rings. The van der Waals surface area contributed by atoms with Gasteiger partial charge in [0.05, 0.1) is 6.61 Å². The summed E-state index contributed by atoms with van der Waals surface area (Å²) in [7, 11) is 1.95. The number of aliphatic hydroxyl groups is 2. The number of aliphatic hydroxyl groups excluding tert-OH is 2. The molecule has 1 aromatic heterocycles. The number of hydrogen-bond acceptors (Lipinski definition) is 3. The minimum absolute atomic E-state index is 0.0369. The van der Waals surface area contributed by atoms with Crippen molar-refractivity contribution < 1.29 is 10.2 Å². The van der Waals surface area contributed by atoms with E-state index in [4.69, 9.17) is 10.2 Å². The van der Waals surface area contributed by atoms with E-state index in [0.717, 1.165) is 6.54 Å². The van der Waals surface area contributed by atoms with Crippen LogP contribution in [0.2, 0.25) is 0 Å². The Bertz CT molecular complexity index is 236. The van der Waals surface area contributed by atoms with Crippen LogP contribution in [0.5, 0.6) is 0 Å². The van der Waals surface area contributed by atoms with Crippen molar-refractivity contribution in [3.63, 3.8) is 0 Å². The molecule has 0 aliphatic rings. The average molecular weight is 198 g/mol. The lowest BCUT2D eigenvalue weighted by atomic mass is 10.2. The molecule has 0 radical (unpaired) electrons. The zero-order valence-corrected chi connectivity index (χ0v) is 8.48. The van der Waals surface area contributed by atoms with Gasteiger partial charge in [0.2, 0.25) is 0 Å². The van der Waals surface area contributed by atoms with Crippen LogP contribution in [-0.4, -0.2) is 46.4 Å². The largest absolute Gasteiger partial charge is 0.396 e. The third-order valence-corrected chi connectivity index (χ3v) is 2.39. The number of hydrogen-bond donors (Lipinski definition) is 3. The second-order valence-corrected chi connectivity index (χ2v) is 3.48. The molecule has 3 N–H and O–H groups in total. The molecule has 0 aliphatic carbocycles. The third-order valence-electron chi connectivity index (χ3n) is 2.39. The van der Waals surface area contributed by atoms with Crippen molar-refractivity contribution >= 4 is 0 Å². The van der Waals surface area contributed by atoms with Gasteiger partial charge >= 0.3 is 0 Å². The van der Waals surface area contributed by atoms with Gasteiger partial charge < -0.3 is 15.2 Å². The minimum atomic E-state index is 0.0369. The Morgan fingerprint density at radius 2 is 2.29 bits per heavy atom. The van der Waals surface area contributed by atoms with Gasteiger partial charge in [0.1, 0.15) is 0 Å². The van der Waals surface area contributed by atoms with Gasteiger partial charge in [0.25, 0.3) is 0 Å². The highest BCUT2D eigenvalue weighted by Gasteiger charge is 2.13. The van der Waals surface area contributed by atoms with Gasteiger partial charge in [0.15, 0.2) is 0 Å². The van der Waals surface area contributed by atoms with Gasteiger partial charge in [-0.15, -0.1) is 0 Å². The standard InChI is InChI=1S/C10H18N2O2/c1-12(10(8-14)3-5-13)7-9-2-4-11-6-9/h2,4,6,10-11,13-14H,3,5,7-8H2,1H3. The summed E-state index contributed by atoms with van der Waals surface area (Å²) in [5, 5.41) is 17.9. The summed E-state index contributed by atoms with van der Waals surface area (Å²) in [6, 6.07) is 2.04. The monoisotopic (exact) mass is 198 g/mol. The predicted octanol–water partition coefficient (Wildman–Crippen LogP) is 0.190. The fourth-order valence-corrected chi connectivity index (χ4v) is 1.47. The topological polar surface area (TPSA) is 59.5 Å². The van der Waals surface area contributed by atoms with Crippen molar-refractivity contribution in [2.45, 2.75) is 19.0 Å². The molecule has 4 heteroatoms. The molecule has 0 amide bonds. The van der Waals surface area contributed by atoms with Crippen molar-refractivity contribution in [3.8, 4) is 0 Å². The number of H-pyrrole nitrogens is 1. The molecule has 1 unspecified atom stereocenters. The molecule has 1 heterocycles. The molecule has 14 heavy (non-hydrogen) atoms. The van der Waals surface area contributed by atoms with E-state index in [1.807, 2.05) is 30.4 Å². The van der Waals surface area contributed by atoms with Crippen LogP contribution in [0.15, 0.2) is 18.5 Å². The van der Waals surface area contributed by atoms with E-state index in [2.05, 4.69) is 4.98 Å². The van der Waals surface area contributed by atoms with Crippen LogP contribution in [-0.2, 0) is 6.54 Å². The maximum Gasteiger partial charge on any atom is 0.0587 e. The minimum Gasteiger partial charge on any atom is -0.396 e. The Morgan fingerprint density at radius 1 is 1.50 bits per heavy atom. The highest BCUT2D eigenvalue weighted by Crippen LogP contribution is 2.07. The SMILES string of the molecule is CN(Cc1cc[nH]c1)C(CO)CCO. The number of rotatable bonds is 6. The van der Waals surface area contributed by atoms with E-state index in [9.17, 15) is 0 Å². The predicted molar refractivity (Wildman–Crippen MR) is 54.8 cm³/mol. The zero-order chi connectivity index (χ0) is 10.4. The van der Waals surface area contributed by atoms with Gasteiger partial charge in [-0.2, -0.15) is 0 Å². The van der Waals surface area contributed by atoms with Crippen LogP contribution in [0.25, 0.3) is 0 Å². The summed E-state index contributed by atoms with van der Waals surface area (Å²) in [5.74, 6) is 0. The molecule has 1 rings (SSSR count). The Morgan fingerprint density at radius 3 is 2.79 bits per heavy atom. The lowest BCUT2D eigenvalue weighted by Gasteiger charge is -2.25. The first-order valence-electron chi connectivity index (χ1n) is 4.81. The second-order valence-electron chi connectivity index (χ2n) is 3.48. The fourth-order valence-electron chi connectivity index (χ4n) is 1.47. The lowest BCUT2D eigenvalue weighted by molar-refractivity contribution is 0.115. The van der Waals surface area contributed by atoms with Gasteiger partial charge in [-0.3, -0.25) is 4.90 Å². The zero-order valence-electron chi connectivity index (χ0n) is 8.48. The molecule has 80 valence electrons. The van der Waals surface area contributed by atoms with Crippen LogP contribution in [0, 0.1) is 0 Å². The molecule has 0 fully saturated rings. The van der Waals surface area contributed by atoms with Crippen LogP contribution < -0.4 is 0 Å². The fraction of sp³-hybridized carbons (Fsp3) is 0.600. The van der Waals surface area contributed by atoms with E-state index >= 15 is 0 Å². The Labute approximate surface area is 84.2 Å². The first-order chi connectivity index (χ1) is 6.77. The molecular formula is C10H18N2O2. The summed E-state index contributed by atoms with van der Waals surface area (Å²) in [4.78, 5) is 5.03. The van der Waals surface area contributed by atoms with Gasteiger partial charge in [0, 0.05) is 31.6 Å². The number of nitrogens with one attached hydrogen (secondary N) is 1. The number of likely N-dealkylation sites (N-methyl/N-ethyl adjacent to an activating group) is 1. The Balaban J connectivity index is 2.43. The van der Waals surface area contributed by atoms with E-state index in [1.165, 1.54) is 5.56 Å². The third kappa shape index (κ3) is 3.14. The van der Waals surface area contributed by atoms with Crippen molar-refractivity contribution in [2.24, 2.45) is 0 Å². The first-order valence-corrected chi connectivity index (χ1v) is 4.81. The summed E-state index contributed by atoms with van der Waals surface area (Å²) < 4.78 is 0. The molecule has 4 nitrogen and oxygen atoms in total. The Hall–Kier alpha value is -0.840. The molecule has 0 bridgehead atoms. The van der Waals surface area contributed by atoms with Crippen LogP contribution >= 0.6 is 0 Å². The van der Waals surface area contributed by atoms with Gasteiger partial charge in [-0.05, 0) is 25.1 Å². The molecular weight excluding hydrogens is 180 g/mol. The lowest BCUT2D eigenvalue weighted by Crippen LogP contribution is -2.34. The van der Waals surface area contributed by atoms with Gasteiger partial charge in [-0.1, -0.05) is 0 Å². The van der Waals surface area contributed by atoms with E-state index in [0.29, 0.717) is 6.42 Å². The smallest absolute Gasteiger partial charge is 0.0587 e. The quantitative estimate of drug-likeness (QED) is 0.611. The van der Waals surface area contributed by atoms with Crippen molar-refractivity contribution in [3.05, 3.63) is 24.0 Å². The summed E-state index contributed by atoms with van der Waals surface area (Å²) in [6.45, 7) is 0.985. The number of aromatic nitrogens is 1. The highest BCUT2D eigenvalue weighted by molar-refractivity contribution is 5.07. The average Bonchev–Trinajstić information content (AvgIpc) is 2.66. The van der Waals surface area contributed by atoms with Crippen molar-refractivity contribution in [2.75, 3.05) is 20.3 Å². The maximum absolute atomic E-state index is 9.10. The number of nitrogens with zero attached hydrogens (tertiary/aromatic N) is 1. The second kappa shape index (κ2) is 5.80. The molecule has 0 saturated carbocycles. The van der Waals surface area contributed by atoms with Crippen molar-refractivity contribution in [1.29, 1.82) is 0 Å². The van der Waals surface area contributed by atoms with Crippen LogP contribution in [0.3, 0.4) is 0 Å².